The van der Waals surface area contributed by atoms with E-state index in [0.29, 0.717) is 22.4 Å². The number of carbonyl (C=O) groups excluding carboxylic acids is 3. The van der Waals surface area contributed by atoms with Crippen LogP contribution in [0.1, 0.15) is 39.1 Å². The second kappa shape index (κ2) is 8.89. The van der Waals surface area contributed by atoms with Gasteiger partial charge < -0.3 is 4.74 Å². The van der Waals surface area contributed by atoms with E-state index in [2.05, 4.69) is 31.9 Å². The maximum Gasteiger partial charge on any atom is 0.322 e. The summed E-state index contributed by atoms with van der Waals surface area (Å²) in [4.78, 5) is 39.8. The minimum absolute atomic E-state index is 0.135. The molecule has 0 saturated carbocycles. The first-order valence-electron chi connectivity index (χ1n) is 9.77. The summed E-state index contributed by atoms with van der Waals surface area (Å²) in [5, 5.41) is 0. The summed E-state index contributed by atoms with van der Waals surface area (Å²) in [5.74, 6) is -3.13. The first kappa shape index (κ1) is 21.7. The minimum Gasteiger partial charge on any atom is -0.426 e. The molecule has 0 fully saturated rings. The molecular formula is C25H18Br2O4. The maximum atomic E-state index is 13.4. The molecule has 0 unspecified atom stereocenters. The van der Waals surface area contributed by atoms with E-state index >= 15 is 0 Å². The highest BCUT2D eigenvalue weighted by molar-refractivity contribution is 9.10. The third-order valence-corrected chi connectivity index (χ3v) is 6.60. The second-order valence-electron chi connectivity index (χ2n) is 7.50. The Kier molecular flexibility index (Phi) is 6.21. The number of esters is 1. The number of benzene rings is 3. The third kappa shape index (κ3) is 4.27. The smallest absolute Gasteiger partial charge is 0.322 e. The zero-order chi connectivity index (χ0) is 22.1. The molecule has 0 radical (unpaired) electrons. The van der Waals surface area contributed by atoms with Gasteiger partial charge in [0.1, 0.15) is 11.7 Å². The standard InChI is InChI=1S/C25H18Br2O4/c1-14(23(28)16-7-9-17(26)10-8-16)21-19-13-18(27)11-12-20(19)31-25(30)22(21)24(29)15-5-3-2-4-6-15/h2-14,21-22H,1H3/t14-,21+,22-/m1/s1. The van der Waals surface area contributed by atoms with E-state index in [0.717, 1.165) is 8.95 Å². The minimum atomic E-state index is -1.11. The molecule has 3 atom stereocenters. The van der Waals surface area contributed by atoms with Crippen molar-refractivity contribution in [2.45, 2.75) is 12.8 Å². The Hall–Kier alpha value is -2.57. The van der Waals surface area contributed by atoms with Gasteiger partial charge in [-0.1, -0.05) is 81.2 Å². The van der Waals surface area contributed by atoms with Crippen molar-refractivity contribution in [1.29, 1.82) is 0 Å². The summed E-state index contributed by atoms with van der Waals surface area (Å²) in [6.45, 7) is 1.77. The largest absolute Gasteiger partial charge is 0.426 e. The van der Waals surface area contributed by atoms with E-state index in [1.165, 1.54) is 0 Å². The number of hydrogen-bond donors (Lipinski definition) is 0. The number of Topliss-reactive ketones (excluding diaryl/α,β-unsaturated/α-hetero) is 2. The molecule has 0 aliphatic carbocycles. The van der Waals surface area contributed by atoms with Gasteiger partial charge in [0.05, 0.1) is 0 Å². The molecule has 31 heavy (non-hydrogen) atoms. The maximum absolute atomic E-state index is 13.4. The van der Waals surface area contributed by atoms with E-state index in [1.807, 2.05) is 6.07 Å². The first-order chi connectivity index (χ1) is 14.9. The zero-order valence-corrected chi connectivity index (χ0v) is 19.7. The van der Waals surface area contributed by atoms with E-state index in [9.17, 15) is 14.4 Å². The van der Waals surface area contributed by atoms with Crippen molar-refractivity contribution in [3.63, 3.8) is 0 Å². The molecule has 6 heteroatoms. The van der Waals surface area contributed by atoms with Crippen molar-refractivity contribution < 1.29 is 19.1 Å². The Bertz CT molecular complexity index is 1160. The number of carbonyl (C=O) groups is 3. The fourth-order valence-electron chi connectivity index (χ4n) is 4.02. The fraction of sp³-hybridized carbons (Fsp3) is 0.160. The number of ether oxygens (including phenoxy) is 1. The Balaban J connectivity index is 1.81. The van der Waals surface area contributed by atoms with Crippen LogP contribution in [0.5, 0.6) is 5.75 Å². The van der Waals surface area contributed by atoms with Crippen molar-refractivity contribution in [2.75, 3.05) is 0 Å². The van der Waals surface area contributed by atoms with Gasteiger partial charge in [0.2, 0.25) is 0 Å². The Morgan fingerprint density at radius 1 is 0.871 bits per heavy atom. The normalized spacial score (nSPS) is 18.6. The highest BCUT2D eigenvalue weighted by Crippen LogP contribution is 2.45. The molecule has 0 bridgehead atoms. The molecule has 3 aromatic rings. The molecule has 4 rings (SSSR count). The van der Waals surface area contributed by atoms with Crippen LogP contribution in [0.4, 0.5) is 0 Å². The van der Waals surface area contributed by atoms with E-state index < -0.39 is 23.7 Å². The molecule has 0 N–H and O–H groups in total. The van der Waals surface area contributed by atoms with Gasteiger partial charge in [0, 0.05) is 37.5 Å². The fourth-order valence-corrected chi connectivity index (χ4v) is 4.66. The number of halogens is 2. The van der Waals surface area contributed by atoms with Crippen LogP contribution in [0, 0.1) is 11.8 Å². The van der Waals surface area contributed by atoms with Crippen molar-refractivity contribution >= 4 is 49.4 Å². The summed E-state index contributed by atoms with van der Waals surface area (Å²) in [6, 6.07) is 21.0. The predicted octanol–water partition coefficient (Wildman–Crippen LogP) is 6.23. The van der Waals surface area contributed by atoms with E-state index in [-0.39, 0.29) is 11.6 Å². The molecular weight excluding hydrogens is 524 g/mol. The second-order valence-corrected chi connectivity index (χ2v) is 9.33. The molecule has 0 amide bonds. The van der Waals surface area contributed by atoms with Gasteiger partial charge in [-0.3, -0.25) is 14.4 Å². The first-order valence-corrected chi connectivity index (χ1v) is 11.4. The van der Waals surface area contributed by atoms with Gasteiger partial charge in [-0.25, -0.2) is 0 Å². The Labute approximate surface area is 196 Å². The van der Waals surface area contributed by atoms with Crippen LogP contribution in [0.15, 0.2) is 81.7 Å². The Morgan fingerprint density at radius 3 is 2.19 bits per heavy atom. The summed E-state index contributed by atoms with van der Waals surface area (Å²) in [5.41, 5.74) is 1.61. The highest BCUT2D eigenvalue weighted by Gasteiger charge is 2.47. The lowest BCUT2D eigenvalue weighted by atomic mass is 9.71. The summed E-state index contributed by atoms with van der Waals surface area (Å²) >= 11 is 6.84. The SMILES string of the molecule is C[C@@H](C(=O)c1ccc(Br)cc1)[C@H]1c2cc(Br)ccc2OC(=O)[C@H]1C(=O)c1ccccc1. The van der Waals surface area contributed by atoms with Crippen molar-refractivity contribution in [3.05, 3.63) is 98.4 Å². The average molecular weight is 542 g/mol. The van der Waals surface area contributed by atoms with Gasteiger partial charge in [0.25, 0.3) is 0 Å². The number of rotatable bonds is 5. The van der Waals surface area contributed by atoms with Crippen molar-refractivity contribution in [2.24, 2.45) is 11.8 Å². The van der Waals surface area contributed by atoms with Crippen LogP contribution < -0.4 is 4.74 Å². The molecule has 3 aromatic carbocycles. The predicted molar refractivity (Wildman–Crippen MR) is 124 cm³/mol. The summed E-state index contributed by atoms with van der Waals surface area (Å²) in [6.07, 6.45) is 0. The van der Waals surface area contributed by atoms with Crippen molar-refractivity contribution in [1.82, 2.24) is 0 Å². The molecule has 1 aliphatic heterocycles. The van der Waals surface area contributed by atoms with Crippen LogP contribution in [0.3, 0.4) is 0 Å². The highest BCUT2D eigenvalue weighted by atomic mass is 79.9. The van der Waals surface area contributed by atoms with Gasteiger partial charge in [-0.2, -0.15) is 0 Å². The molecule has 0 saturated heterocycles. The molecule has 4 nitrogen and oxygen atoms in total. The summed E-state index contributed by atoms with van der Waals surface area (Å²) in [7, 11) is 0. The van der Waals surface area contributed by atoms with Crippen LogP contribution in [-0.4, -0.2) is 17.5 Å². The zero-order valence-electron chi connectivity index (χ0n) is 16.5. The number of fused-ring (bicyclic) bond motifs is 1. The van der Waals surface area contributed by atoms with Gasteiger partial charge >= 0.3 is 5.97 Å². The molecule has 156 valence electrons. The average Bonchev–Trinajstić information content (AvgIpc) is 2.78. The number of hydrogen-bond acceptors (Lipinski definition) is 4. The molecule has 1 aliphatic rings. The number of ketones is 2. The van der Waals surface area contributed by atoms with Crippen LogP contribution in [0.2, 0.25) is 0 Å². The molecule has 0 aromatic heterocycles. The van der Waals surface area contributed by atoms with Gasteiger partial charge in [-0.05, 0) is 30.3 Å². The quantitative estimate of drug-likeness (QED) is 0.166. The van der Waals surface area contributed by atoms with Gasteiger partial charge in [-0.15, -0.1) is 0 Å². The topological polar surface area (TPSA) is 60.4 Å². The lowest BCUT2D eigenvalue weighted by Gasteiger charge is -2.34. The molecule has 1 heterocycles. The Morgan fingerprint density at radius 2 is 1.52 bits per heavy atom. The molecule has 0 spiro atoms. The van der Waals surface area contributed by atoms with Crippen molar-refractivity contribution in [3.8, 4) is 5.75 Å². The van der Waals surface area contributed by atoms with Gasteiger partial charge in [0.15, 0.2) is 11.6 Å². The van der Waals surface area contributed by atoms with Crippen LogP contribution >= 0.6 is 31.9 Å². The van der Waals surface area contributed by atoms with E-state index in [4.69, 9.17) is 4.74 Å². The lowest BCUT2D eigenvalue weighted by Crippen LogP contribution is -2.41. The monoisotopic (exact) mass is 540 g/mol. The summed E-state index contributed by atoms with van der Waals surface area (Å²) < 4.78 is 7.17. The van der Waals surface area contributed by atoms with Crippen LogP contribution in [0.25, 0.3) is 0 Å². The van der Waals surface area contributed by atoms with Crippen LogP contribution in [-0.2, 0) is 4.79 Å². The van der Waals surface area contributed by atoms with E-state index in [1.54, 1.807) is 73.7 Å². The lowest BCUT2D eigenvalue weighted by molar-refractivity contribution is -0.139. The third-order valence-electron chi connectivity index (χ3n) is 5.58.